The summed E-state index contributed by atoms with van der Waals surface area (Å²) in [5.74, 6) is 1.03. The van der Waals surface area contributed by atoms with Crippen LogP contribution in [0.15, 0.2) is 40.9 Å². The number of nitrogens with one attached hydrogen (secondary N) is 2. The van der Waals surface area contributed by atoms with Crippen LogP contribution in [0, 0.1) is 4.77 Å². The number of carbonyl (C=O) groups excluding carboxylic acids is 1. The number of carbonyl (C=O) groups is 1. The summed E-state index contributed by atoms with van der Waals surface area (Å²) >= 11 is 5.23. The molecule has 0 bridgehead atoms. The number of nitrogens with zero attached hydrogens (tertiary/aromatic N) is 4. The quantitative estimate of drug-likeness (QED) is 0.426. The lowest BCUT2D eigenvalue weighted by atomic mass is 10.0. The molecule has 1 aliphatic rings. The van der Waals surface area contributed by atoms with Crippen molar-refractivity contribution in [3.63, 3.8) is 0 Å². The minimum absolute atomic E-state index is 0.174. The lowest BCUT2D eigenvalue weighted by Crippen LogP contribution is -2.27. The molecule has 158 valence electrons. The molecule has 0 radical (unpaired) electrons. The number of H-pyrrole nitrogens is 1. The van der Waals surface area contributed by atoms with Crippen molar-refractivity contribution in [2.45, 2.75) is 38.6 Å². The summed E-state index contributed by atoms with van der Waals surface area (Å²) in [5.41, 5.74) is 3.35. The Labute approximate surface area is 183 Å². The second kappa shape index (κ2) is 8.07. The van der Waals surface area contributed by atoms with Crippen LogP contribution in [0.4, 0.5) is 0 Å². The third-order valence-electron chi connectivity index (χ3n) is 5.54. The normalized spacial score (nSPS) is 13.6. The van der Waals surface area contributed by atoms with E-state index in [4.69, 9.17) is 16.7 Å². The average molecular weight is 435 g/mol. The summed E-state index contributed by atoms with van der Waals surface area (Å²) in [7, 11) is 0. The van der Waals surface area contributed by atoms with Gasteiger partial charge < -0.3 is 14.4 Å². The fourth-order valence-corrected chi connectivity index (χ4v) is 4.06. The van der Waals surface area contributed by atoms with Crippen LogP contribution in [0.3, 0.4) is 0 Å². The topological polar surface area (TPSA) is 102 Å². The van der Waals surface area contributed by atoms with Gasteiger partial charge in [-0.05, 0) is 38.0 Å². The second-order valence-electron chi connectivity index (χ2n) is 7.64. The van der Waals surface area contributed by atoms with Gasteiger partial charge in [-0.2, -0.15) is 5.10 Å². The third kappa shape index (κ3) is 3.76. The van der Waals surface area contributed by atoms with Crippen molar-refractivity contribution in [3.05, 3.63) is 58.3 Å². The van der Waals surface area contributed by atoms with E-state index < -0.39 is 0 Å². The molecule has 1 fully saturated rings. The minimum atomic E-state index is -0.174. The molecule has 0 atom stereocenters. The first-order valence-corrected chi connectivity index (χ1v) is 10.8. The Morgan fingerprint density at radius 3 is 2.87 bits per heavy atom. The van der Waals surface area contributed by atoms with Crippen molar-refractivity contribution in [2.75, 3.05) is 6.54 Å². The molecule has 9 heteroatoms. The van der Waals surface area contributed by atoms with Gasteiger partial charge in [-0.15, -0.1) is 0 Å². The highest BCUT2D eigenvalue weighted by Gasteiger charge is 2.29. The van der Waals surface area contributed by atoms with Crippen molar-refractivity contribution >= 4 is 29.2 Å². The molecule has 3 heterocycles. The smallest absolute Gasteiger partial charge is 0.259 e. The Balaban J connectivity index is 1.46. The molecule has 0 saturated heterocycles. The van der Waals surface area contributed by atoms with Gasteiger partial charge in [-0.1, -0.05) is 35.5 Å². The zero-order valence-electron chi connectivity index (χ0n) is 17.1. The number of aromatic nitrogens is 5. The SMILES string of the molecule is CCn1c(CCNC(=O)c2cc(C3CC3)nc3onc(-c4ccccc4)c23)n[nH]c1=S. The summed E-state index contributed by atoms with van der Waals surface area (Å²) < 4.78 is 8.06. The van der Waals surface area contributed by atoms with Gasteiger partial charge in [0.2, 0.25) is 0 Å². The fourth-order valence-electron chi connectivity index (χ4n) is 3.78. The van der Waals surface area contributed by atoms with Crippen molar-refractivity contribution < 1.29 is 9.32 Å². The highest BCUT2D eigenvalue weighted by molar-refractivity contribution is 7.71. The molecule has 2 N–H and O–H groups in total. The van der Waals surface area contributed by atoms with Crippen molar-refractivity contribution in [1.29, 1.82) is 0 Å². The molecule has 1 saturated carbocycles. The van der Waals surface area contributed by atoms with Gasteiger partial charge in [0.05, 0.1) is 10.9 Å². The number of hydrogen-bond donors (Lipinski definition) is 2. The minimum Gasteiger partial charge on any atom is -0.352 e. The van der Waals surface area contributed by atoms with E-state index in [9.17, 15) is 4.79 Å². The molecule has 1 aliphatic carbocycles. The van der Waals surface area contributed by atoms with E-state index in [1.165, 1.54) is 0 Å². The molecule has 0 spiro atoms. The summed E-state index contributed by atoms with van der Waals surface area (Å²) in [6.45, 7) is 3.18. The van der Waals surface area contributed by atoms with E-state index in [-0.39, 0.29) is 5.91 Å². The Morgan fingerprint density at radius 2 is 2.13 bits per heavy atom. The molecule has 3 aromatic heterocycles. The van der Waals surface area contributed by atoms with Gasteiger partial charge in [-0.25, -0.2) is 4.98 Å². The maximum atomic E-state index is 13.2. The summed E-state index contributed by atoms with van der Waals surface area (Å²) in [4.78, 5) is 17.9. The van der Waals surface area contributed by atoms with E-state index in [2.05, 4.69) is 25.7 Å². The lowest BCUT2D eigenvalue weighted by Gasteiger charge is -2.09. The van der Waals surface area contributed by atoms with E-state index in [0.29, 0.717) is 46.0 Å². The Morgan fingerprint density at radius 1 is 1.32 bits per heavy atom. The zero-order chi connectivity index (χ0) is 21.4. The number of fused-ring (bicyclic) bond motifs is 1. The molecule has 0 aliphatic heterocycles. The first kappa shape index (κ1) is 19.6. The van der Waals surface area contributed by atoms with E-state index in [1.807, 2.05) is 47.9 Å². The molecule has 0 unspecified atom stereocenters. The van der Waals surface area contributed by atoms with Gasteiger partial charge >= 0.3 is 0 Å². The molecular weight excluding hydrogens is 412 g/mol. The van der Waals surface area contributed by atoms with E-state index >= 15 is 0 Å². The van der Waals surface area contributed by atoms with Crippen molar-refractivity contribution in [1.82, 2.24) is 30.2 Å². The summed E-state index contributed by atoms with van der Waals surface area (Å²) in [6, 6.07) is 11.6. The van der Waals surface area contributed by atoms with Crippen LogP contribution in [0.5, 0.6) is 0 Å². The number of aromatic amines is 1. The second-order valence-corrected chi connectivity index (χ2v) is 8.03. The van der Waals surface area contributed by atoms with Gasteiger partial charge in [0.25, 0.3) is 11.6 Å². The molecule has 5 rings (SSSR count). The highest BCUT2D eigenvalue weighted by atomic mass is 32.1. The van der Waals surface area contributed by atoms with Crippen molar-refractivity contribution in [2.24, 2.45) is 0 Å². The van der Waals surface area contributed by atoms with Crippen LogP contribution in [-0.2, 0) is 13.0 Å². The van der Waals surface area contributed by atoms with Crippen LogP contribution < -0.4 is 5.32 Å². The molecular formula is C22H22N6O2S. The first-order valence-electron chi connectivity index (χ1n) is 10.4. The van der Waals surface area contributed by atoms with Gasteiger partial charge in [0.1, 0.15) is 11.5 Å². The Hall–Kier alpha value is -3.33. The largest absolute Gasteiger partial charge is 0.352 e. The monoisotopic (exact) mass is 434 g/mol. The molecule has 1 aromatic carbocycles. The molecule has 8 nitrogen and oxygen atoms in total. The molecule has 31 heavy (non-hydrogen) atoms. The molecule has 4 aromatic rings. The van der Waals surface area contributed by atoms with Crippen LogP contribution in [0.25, 0.3) is 22.4 Å². The first-order chi connectivity index (χ1) is 15.2. The number of benzene rings is 1. The Bertz CT molecular complexity index is 1300. The lowest BCUT2D eigenvalue weighted by molar-refractivity contribution is 0.0955. The van der Waals surface area contributed by atoms with Crippen LogP contribution in [0.1, 0.15) is 47.6 Å². The highest BCUT2D eigenvalue weighted by Crippen LogP contribution is 2.41. The van der Waals surface area contributed by atoms with Crippen LogP contribution in [0.2, 0.25) is 0 Å². The van der Waals surface area contributed by atoms with Crippen LogP contribution in [-0.4, -0.2) is 37.4 Å². The van der Waals surface area contributed by atoms with Gasteiger partial charge in [0.15, 0.2) is 4.77 Å². The Kier molecular flexibility index (Phi) is 5.11. The molecule has 1 amide bonds. The number of rotatable bonds is 7. The van der Waals surface area contributed by atoms with Gasteiger partial charge in [0, 0.05) is 36.7 Å². The third-order valence-corrected chi connectivity index (χ3v) is 5.85. The predicted octanol–water partition coefficient (Wildman–Crippen LogP) is 4.01. The van der Waals surface area contributed by atoms with Crippen molar-refractivity contribution in [3.8, 4) is 11.3 Å². The number of pyridine rings is 1. The van der Waals surface area contributed by atoms with Crippen LogP contribution >= 0.6 is 12.2 Å². The standard InChI is InChI=1S/C22H22N6O2S/c1-2-28-17(25-26-22(28)31)10-11-23-20(29)15-12-16(13-8-9-13)24-21-18(15)19(27-30-21)14-6-4-3-5-7-14/h3-7,12-13H,2,8-11H2,1H3,(H,23,29)(H,26,31). The summed E-state index contributed by atoms with van der Waals surface area (Å²) in [5, 5.41) is 15.0. The fraction of sp³-hybridized carbons (Fsp3) is 0.318. The maximum absolute atomic E-state index is 13.2. The van der Waals surface area contributed by atoms with E-state index in [1.54, 1.807) is 0 Å². The van der Waals surface area contributed by atoms with Gasteiger partial charge in [-0.3, -0.25) is 9.89 Å². The van der Waals surface area contributed by atoms with E-state index in [0.717, 1.165) is 36.5 Å². The number of hydrogen-bond acceptors (Lipinski definition) is 6. The number of amides is 1. The predicted molar refractivity (Wildman–Crippen MR) is 118 cm³/mol. The maximum Gasteiger partial charge on any atom is 0.259 e. The zero-order valence-corrected chi connectivity index (χ0v) is 17.9. The average Bonchev–Trinajstić information content (AvgIpc) is 3.46. The summed E-state index contributed by atoms with van der Waals surface area (Å²) in [6.07, 6.45) is 2.74.